The van der Waals surface area contributed by atoms with E-state index in [-0.39, 0.29) is 0 Å². The Morgan fingerprint density at radius 2 is 2.00 bits per heavy atom. The van der Waals surface area contributed by atoms with Crippen LogP contribution in [-0.4, -0.2) is 41.6 Å². The number of ether oxygens (including phenoxy) is 1. The van der Waals surface area contributed by atoms with Crippen molar-refractivity contribution in [2.75, 3.05) is 37.8 Å². The average molecular weight is 412 g/mol. The van der Waals surface area contributed by atoms with E-state index in [0.717, 1.165) is 41.7 Å². The summed E-state index contributed by atoms with van der Waals surface area (Å²) in [4.78, 5) is 10.8. The molecule has 1 fully saturated rings. The summed E-state index contributed by atoms with van der Waals surface area (Å²) in [5.41, 5.74) is 8.01. The Morgan fingerprint density at radius 1 is 1.17 bits per heavy atom. The van der Waals surface area contributed by atoms with Gasteiger partial charge in [-0.05, 0) is 68.7 Å². The van der Waals surface area contributed by atoms with Gasteiger partial charge in [0.2, 0.25) is 5.88 Å². The molecule has 6 nitrogen and oxygen atoms in total. The van der Waals surface area contributed by atoms with Gasteiger partial charge in [0.15, 0.2) is 0 Å². The van der Waals surface area contributed by atoms with Crippen LogP contribution >= 0.6 is 11.6 Å². The summed E-state index contributed by atoms with van der Waals surface area (Å²) >= 11 is 6.27. The monoisotopic (exact) mass is 411 g/mol. The molecular formula is C22H26ClN5O. The summed E-state index contributed by atoms with van der Waals surface area (Å²) in [5, 5.41) is 5.77. The number of fused-ring (bicyclic) bond motifs is 1. The molecule has 0 unspecified atom stereocenters. The third-order valence-corrected chi connectivity index (χ3v) is 5.77. The molecule has 0 atom stereocenters. The normalized spacial score (nSPS) is 15.5. The zero-order valence-electron chi connectivity index (χ0n) is 16.6. The number of anilines is 2. The second kappa shape index (κ2) is 8.84. The number of pyridine rings is 2. The average Bonchev–Trinajstić information content (AvgIpc) is 2.75. The lowest BCUT2D eigenvalue weighted by atomic mass is 9.98. The van der Waals surface area contributed by atoms with E-state index in [1.54, 1.807) is 12.4 Å². The molecule has 1 aliphatic heterocycles. The van der Waals surface area contributed by atoms with Crippen molar-refractivity contribution in [3.05, 3.63) is 53.3 Å². The second-order valence-corrected chi connectivity index (χ2v) is 8.07. The van der Waals surface area contributed by atoms with Gasteiger partial charge in [-0.3, -0.25) is 0 Å². The standard InChI is InChI=1S/C22H26ClN5O/c1-28-8-5-15(6-9-28)14-29-21-10-16(4-7-25-21)12-26-17-2-3-18-19(11-17)20(23)13-27-22(18)24/h2-4,7,10-11,13,15,26H,5-6,8-9,12,14H2,1H3,(H2,24,27). The summed E-state index contributed by atoms with van der Waals surface area (Å²) in [7, 11) is 2.17. The van der Waals surface area contributed by atoms with Gasteiger partial charge in [0.1, 0.15) is 5.82 Å². The van der Waals surface area contributed by atoms with Crippen molar-refractivity contribution in [3.63, 3.8) is 0 Å². The van der Waals surface area contributed by atoms with Crippen LogP contribution in [-0.2, 0) is 6.54 Å². The van der Waals surface area contributed by atoms with Gasteiger partial charge >= 0.3 is 0 Å². The Bertz CT molecular complexity index is 988. The van der Waals surface area contributed by atoms with Gasteiger partial charge in [-0.25, -0.2) is 9.97 Å². The zero-order chi connectivity index (χ0) is 20.2. The van der Waals surface area contributed by atoms with Crippen LogP contribution in [0.3, 0.4) is 0 Å². The number of halogens is 1. The molecule has 0 bridgehead atoms. The van der Waals surface area contributed by atoms with E-state index >= 15 is 0 Å². The Balaban J connectivity index is 1.37. The molecule has 7 heteroatoms. The van der Waals surface area contributed by atoms with Crippen molar-refractivity contribution in [1.82, 2.24) is 14.9 Å². The third kappa shape index (κ3) is 4.89. The highest BCUT2D eigenvalue weighted by atomic mass is 35.5. The van der Waals surface area contributed by atoms with Gasteiger partial charge in [0.25, 0.3) is 0 Å². The number of likely N-dealkylation sites (tertiary alicyclic amines) is 1. The highest BCUT2D eigenvalue weighted by Crippen LogP contribution is 2.29. The van der Waals surface area contributed by atoms with Crippen molar-refractivity contribution in [3.8, 4) is 5.88 Å². The Kier molecular flexibility index (Phi) is 6.02. The molecule has 3 heterocycles. The first-order valence-corrected chi connectivity index (χ1v) is 10.3. The van der Waals surface area contributed by atoms with Gasteiger partial charge in [-0.2, -0.15) is 0 Å². The van der Waals surface area contributed by atoms with E-state index < -0.39 is 0 Å². The van der Waals surface area contributed by atoms with Gasteiger partial charge in [0.05, 0.1) is 11.6 Å². The summed E-state index contributed by atoms with van der Waals surface area (Å²) in [6, 6.07) is 9.90. The van der Waals surface area contributed by atoms with Gasteiger partial charge in [-0.1, -0.05) is 11.6 Å². The molecule has 152 valence electrons. The Hall–Kier alpha value is -2.57. The molecule has 4 rings (SSSR count). The topological polar surface area (TPSA) is 76.3 Å². The van der Waals surface area contributed by atoms with Crippen LogP contribution in [0.5, 0.6) is 5.88 Å². The fourth-order valence-corrected chi connectivity index (χ4v) is 3.82. The number of rotatable bonds is 6. The molecular weight excluding hydrogens is 386 g/mol. The number of nitrogens with zero attached hydrogens (tertiary/aromatic N) is 3. The van der Waals surface area contributed by atoms with E-state index in [4.69, 9.17) is 22.1 Å². The number of nitrogen functional groups attached to an aromatic ring is 1. The van der Waals surface area contributed by atoms with Crippen LogP contribution in [0, 0.1) is 5.92 Å². The smallest absolute Gasteiger partial charge is 0.213 e. The predicted molar refractivity (Wildman–Crippen MR) is 118 cm³/mol. The second-order valence-electron chi connectivity index (χ2n) is 7.67. The molecule has 0 amide bonds. The maximum absolute atomic E-state index is 6.27. The largest absolute Gasteiger partial charge is 0.477 e. The summed E-state index contributed by atoms with van der Waals surface area (Å²) in [6.07, 6.45) is 5.75. The highest BCUT2D eigenvalue weighted by Gasteiger charge is 2.17. The van der Waals surface area contributed by atoms with Crippen LogP contribution < -0.4 is 15.8 Å². The number of hydrogen-bond acceptors (Lipinski definition) is 6. The SMILES string of the molecule is CN1CCC(COc2cc(CNc3ccc4c(N)ncc(Cl)c4c3)ccn2)CC1. The molecule has 2 aromatic heterocycles. The van der Waals surface area contributed by atoms with Crippen molar-refractivity contribution < 1.29 is 4.74 Å². The first kappa shape index (κ1) is 19.7. The quantitative estimate of drug-likeness (QED) is 0.633. The number of aromatic nitrogens is 2. The minimum Gasteiger partial charge on any atom is -0.477 e. The number of nitrogens with one attached hydrogen (secondary N) is 1. The van der Waals surface area contributed by atoms with Crippen molar-refractivity contribution in [2.45, 2.75) is 19.4 Å². The number of hydrogen-bond donors (Lipinski definition) is 2. The maximum Gasteiger partial charge on any atom is 0.213 e. The van der Waals surface area contributed by atoms with Gasteiger partial charge < -0.3 is 20.7 Å². The molecule has 3 N–H and O–H groups in total. The van der Waals surface area contributed by atoms with Crippen LogP contribution in [0.2, 0.25) is 5.02 Å². The van der Waals surface area contributed by atoms with Crippen molar-refractivity contribution in [1.29, 1.82) is 0 Å². The minimum absolute atomic E-state index is 0.483. The first-order chi connectivity index (χ1) is 14.1. The van der Waals surface area contributed by atoms with E-state index in [1.807, 2.05) is 30.3 Å². The lowest BCUT2D eigenvalue weighted by Gasteiger charge is -2.28. The lowest BCUT2D eigenvalue weighted by Crippen LogP contribution is -2.32. The van der Waals surface area contributed by atoms with Crippen LogP contribution in [0.15, 0.2) is 42.7 Å². The molecule has 29 heavy (non-hydrogen) atoms. The molecule has 0 saturated carbocycles. The van der Waals surface area contributed by atoms with E-state index in [0.29, 0.717) is 29.2 Å². The van der Waals surface area contributed by atoms with Crippen molar-refractivity contribution in [2.24, 2.45) is 5.92 Å². The molecule has 0 aliphatic carbocycles. The molecule has 3 aromatic rings. The summed E-state index contributed by atoms with van der Waals surface area (Å²) in [6.45, 7) is 3.68. The van der Waals surface area contributed by atoms with Crippen LogP contribution in [0.25, 0.3) is 10.8 Å². The molecule has 0 radical (unpaired) electrons. The molecule has 1 aliphatic rings. The van der Waals surface area contributed by atoms with E-state index in [1.165, 1.54) is 12.8 Å². The molecule has 1 saturated heterocycles. The van der Waals surface area contributed by atoms with Crippen LogP contribution in [0.4, 0.5) is 11.5 Å². The number of piperidine rings is 1. The third-order valence-electron chi connectivity index (χ3n) is 5.47. The Labute approximate surface area is 176 Å². The number of benzene rings is 1. The predicted octanol–water partition coefficient (Wildman–Crippen LogP) is 4.20. The lowest BCUT2D eigenvalue weighted by molar-refractivity contribution is 0.157. The van der Waals surface area contributed by atoms with E-state index in [9.17, 15) is 0 Å². The summed E-state index contributed by atoms with van der Waals surface area (Å²) < 4.78 is 5.96. The fourth-order valence-electron chi connectivity index (χ4n) is 3.62. The highest BCUT2D eigenvalue weighted by molar-refractivity contribution is 6.35. The van der Waals surface area contributed by atoms with E-state index in [2.05, 4.69) is 27.2 Å². The first-order valence-electron chi connectivity index (χ1n) is 9.92. The van der Waals surface area contributed by atoms with Crippen LogP contribution in [0.1, 0.15) is 18.4 Å². The fraction of sp³-hybridized carbons (Fsp3) is 0.364. The summed E-state index contributed by atoms with van der Waals surface area (Å²) in [5.74, 6) is 1.78. The van der Waals surface area contributed by atoms with Crippen molar-refractivity contribution >= 4 is 33.9 Å². The Morgan fingerprint density at radius 3 is 2.83 bits per heavy atom. The molecule has 1 aromatic carbocycles. The maximum atomic E-state index is 6.27. The van der Waals surface area contributed by atoms with Gasteiger partial charge in [-0.15, -0.1) is 0 Å². The number of nitrogens with two attached hydrogens (primary N) is 1. The minimum atomic E-state index is 0.483. The van der Waals surface area contributed by atoms with Gasteiger partial charge in [0, 0.05) is 41.5 Å². The zero-order valence-corrected chi connectivity index (χ0v) is 17.3. The molecule has 0 spiro atoms.